The van der Waals surface area contributed by atoms with Crippen LogP contribution in [0.25, 0.3) is 0 Å². The molecule has 2 amide bonds. The van der Waals surface area contributed by atoms with Crippen molar-refractivity contribution in [2.45, 2.75) is 0 Å². The number of halogens is 1. The Kier molecular flexibility index (Phi) is 5.14. The van der Waals surface area contributed by atoms with Gasteiger partial charge in [0.2, 0.25) is 0 Å². The lowest BCUT2D eigenvalue weighted by molar-refractivity contribution is -0.255. The highest BCUT2D eigenvalue weighted by atomic mass is 35.5. The molecule has 1 N–H and O–H groups in total. The number of esters is 1. The summed E-state index contributed by atoms with van der Waals surface area (Å²) in [6.45, 7) is 0. The van der Waals surface area contributed by atoms with Crippen LogP contribution in [0.2, 0.25) is 0 Å². The fourth-order valence-corrected chi connectivity index (χ4v) is 2.76. The Morgan fingerprint density at radius 2 is 1.54 bits per heavy atom. The van der Waals surface area contributed by atoms with Gasteiger partial charge in [-0.25, -0.2) is 9.69 Å². The van der Waals surface area contributed by atoms with Crippen LogP contribution in [0, 0.1) is 0 Å². The molecule has 2 aromatic carbocycles. The van der Waals surface area contributed by atoms with Gasteiger partial charge in [-0.05, 0) is 42.0 Å². The molecule has 0 saturated heterocycles. The van der Waals surface area contributed by atoms with Gasteiger partial charge in [0, 0.05) is 5.69 Å². The molecule has 0 radical (unpaired) electrons. The van der Waals surface area contributed by atoms with E-state index in [1.54, 1.807) is 0 Å². The molecule has 0 aliphatic carbocycles. The molecule has 0 fully saturated rings. The molecule has 0 aromatic heterocycles. The number of methoxy groups -OCH3 is 1. The van der Waals surface area contributed by atoms with Crippen molar-refractivity contribution in [1.29, 1.82) is 0 Å². The zero-order chi connectivity index (χ0) is 20.4. The SMILES string of the molecule is COC(=O)c1ccc(N2C(=O)C(Cl)=C(Nc3ccc(C(=O)[O-])cc3)C2=O)cc1. The number of hydrogen-bond donors (Lipinski definition) is 1. The van der Waals surface area contributed by atoms with E-state index in [9.17, 15) is 24.3 Å². The second-order valence-electron chi connectivity index (χ2n) is 5.66. The number of amides is 2. The largest absolute Gasteiger partial charge is 0.545 e. The Morgan fingerprint density at radius 1 is 0.964 bits per heavy atom. The number of carboxylic acid groups (broad SMARTS) is 1. The first-order chi connectivity index (χ1) is 13.3. The van der Waals surface area contributed by atoms with Crippen LogP contribution in [0.1, 0.15) is 20.7 Å². The number of carboxylic acids is 1. The molecular formula is C19H12ClN2O6-. The Bertz CT molecular complexity index is 1010. The summed E-state index contributed by atoms with van der Waals surface area (Å²) in [5.41, 5.74) is 0.666. The summed E-state index contributed by atoms with van der Waals surface area (Å²) in [7, 11) is 1.24. The van der Waals surface area contributed by atoms with Crippen molar-refractivity contribution in [3.8, 4) is 0 Å². The average Bonchev–Trinajstić information content (AvgIpc) is 2.91. The number of ether oxygens (including phenoxy) is 1. The van der Waals surface area contributed by atoms with E-state index < -0.39 is 23.8 Å². The third kappa shape index (κ3) is 3.45. The number of carbonyl (C=O) groups excluding carboxylic acids is 4. The standard InChI is InChI=1S/C19H13ClN2O6/c1-28-19(27)11-4-8-13(9-5-11)22-16(23)14(20)15(17(22)24)21-12-6-2-10(3-7-12)18(25)26/h2-9,21H,1H3,(H,25,26)/p-1. The van der Waals surface area contributed by atoms with Gasteiger partial charge in [-0.1, -0.05) is 23.7 Å². The predicted molar refractivity (Wildman–Crippen MR) is 97.5 cm³/mol. The first kappa shape index (κ1) is 19.1. The summed E-state index contributed by atoms with van der Waals surface area (Å²) >= 11 is 6.03. The first-order valence-corrected chi connectivity index (χ1v) is 8.26. The average molecular weight is 400 g/mol. The van der Waals surface area contributed by atoms with Gasteiger partial charge in [-0.15, -0.1) is 0 Å². The van der Waals surface area contributed by atoms with Gasteiger partial charge in [0.05, 0.1) is 24.3 Å². The second-order valence-corrected chi connectivity index (χ2v) is 6.04. The zero-order valence-electron chi connectivity index (χ0n) is 14.4. The minimum Gasteiger partial charge on any atom is -0.545 e. The summed E-state index contributed by atoms with van der Waals surface area (Å²) in [6.07, 6.45) is 0. The van der Waals surface area contributed by atoms with E-state index in [1.165, 1.54) is 55.6 Å². The van der Waals surface area contributed by atoms with Gasteiger partial charge in [0.25, 0.3) is 11.8 Å². The molecule has 28 heavy (non-hydrogen) atoms. The topological polar surface area (TPSA) is 116 Å². The molecule has 8 nitrogen and oxygen atoms in total. The number of benzene rings is 2. The van der Waals surface area contributed by atoms with Crippen LogP contribution in [-0.2, 0) is 14.3 Å². The molecule has 142 valence electrons. The Morgan fingerprint density at radius 3 is 2.07 bits per heavy atom. The maximum absolute atomic E-state index is 12.7. The highest BCUT2D eigenvalue weighted by molar-refractivity contribution is 6.53. The Balaban J connectivity index is 1.83. The number of nitrogens with one attached hydrogen (secondary N) is 1. The van der Waals surface area contributed by atoms with E-state index >= 15 is 0 Å². The van der Waals surface area contributed by atoms with E-state index in [-0.39, 0.29) is 27.5 Å². The van der Waals surface area contributed by atoms with Crippen molar-refractivity contribution in [3.63, 3.8) is 0 Å². The summed E-state index contributed by atoms with van der Waals surface area (Å²) in [6, 6.07) is 11.1. The van der Waals surface area contributed by atoms with Crippen LogP contribution >= 0.6 is 11.6 Å². The lowest BCUT2D eigenvalue weighted by Gasteiger charge is -2.15. The molecule has 0 unspecified atom stereocenters. The maximum Gasteiger partial charge on any atom is 0.337 e. The van der Waals surface area contributed by atoms with E-state index in [0.29, 0.717) is 5.69 Å². The molecule has 0 atom stereocenters. The highest BCUT2D eigenvalue weighted by Gasteiger charge is 2.39. The van der Waals surface area contributed by atoms with Crippen molar-refractivity contribution in [1.82, 2.24) is 0 Å². The first-order valence-electron chi connectivity index (χ1n) is 7.89. The fourth-order valence-electron chi connectivity index (χ4n) is 2.54. The van der Waals surface area contributed by atoms with Gasteiger partial charge in [0.1, 0.15) is 10.7 Å². The molecule has 2 aromatic rings. The van der Waals surface area contributed by atoms with Crippen molar-refractivity contribution >= 4 is 46.7 Å². The lowest BCUT2D eigenvalue weighted by Crippen LogP contribution is -2.32. The van der Waals surface area contributed by atoms with Crippen LogP contribution in [0.3, 0.4) is 0 Å². The molecule has 1 aliphatic rings. The number of nitrogens with zero attached hydrogens (tertiary/aromatic N) is 1. The number of carbonyl (C=O) groups is 4. The third-order valence-corrected chi connectivity index (χ3v) is 4.31. The minimum atomic E-state index is -1.34. The minimum absolute atomic E-state index is 0.0354. The Labute approximate surface area is 164 Å². The molecule has 0 spiro atoms. The van der Waals surface area contributed by atoms with Crippen molar-refractivity contribution in [3.05, 3.63) is 70.4 Å². The van der Waals surface area contributed by atoms with Crippen LogP contribution in [-0.4, -0.2) is 30.9 Å². The summed E-state index contributed by atoms with van der Waals surface area (Å²) in [5.74, 6) is -3.31. The number of imide groups is 1. The smallest absolute Gasteiger partial charge is 0.337 e. The molecule has 1 aliphatic heterocycles. The maximum atomic E-state index is 12.7. The molecule has 9 heteroatoms. The van der Waals surface area contributed by atoms with E-state index in [2.05, 4.69) is 10.1 Å². The summed E-state index contributed by atoms with van der Waals surface area (Å²) in [5, 5.41) is 13.2. The lowest BCUT2D eigenvalue weighted by atomic mass is 10.2. The van der Waals surface area contributed by atoms with Gasteiger partial charge < -0.3 is 20.0 Å². The van der Waals surface area contributed by atoms with Gasteiger partial charge in [0.15, 0.2) is 0 Å². The van der Waals surface area contributed by atoms with Crippen LogP contribution in [0.15, 0.2) is 59.3 Å². The van der Waals surface area contributed by atoms with Gasteiger partial charge in [-0.2, -0.15) is 0 Å². The number of aromatic carboxylic acids is 1. The summed E-state index contributed by atoms with van der Waals surface area (Å²) in [4.78, 5) is 48.3. The van der Waals surface area contributed by atoms with Crippen molar-refractivity contribution in [2.75, 3.05) is 17.3 Å². The number of anilines is 2. The zero-order valence-corrected chi connectivity index (χ0v) is 15.1. The molecular weight excluding hydrogens is 388 g/mol. The second kappa shape index (κ2) is 7.53. The van der Waals surface area contributed by atoms with Crippen LogP contribution < -0.4 is 15.3 Å². The monoisotopic (exact) mass is 399 g/mol. The van der Waals surface area contributed by atoms with E-state index in [0.717, 1.165) is 4.90 Å². The number of rotatable bonds is 5. The van der Waals surface area contributed by atoms with Crippen LogP contribution in [0.5, 0.6) is 0 Å². The number of hydrogen-bond acceptors (Lipinski definition) is 7. The molecule has 3 rings (SSSR count). The van der Waals surface area contributed by atoms with E-state index in [4.69, 9.17) is 11.6 Å². The summed E-state index contributed by atoms with van der Waals surface area (Å²) < 4.78 is 4.60. The van der Waals surface area contributed by atoms with Crippen molar-refractivity contribution < 1.29 is 29.0 Å². The quantitative estimate of drug-likeness (QED) is 0.594. The Hall–Kier alpha value is -3.65. The molecule has 1 heterocycles. The van der Waals surface area contributed by atoms with Crippen LogP contribution in [0.4, 0.5) is 11.4 Å². The predicted octanol–water partition coefficient (Wildman–Crippen LogP) is 1.27. The van der Waals surface area contributed by atoms with Gasteiger partial charge in [-0.3, -0.25) is 9.59 Å². The normalized spacial score (nSPS) is 13.7. The van der Waals surface area contributed by atoms with Crippen molar-refractivity contribution in [2.24, 2.45) is 0 Å². The van der Waals surface area contributed by atoms with E-state index in [1.807, 2.05) is 0 Å². The molecule has 0 bridgehead atoms. The highest BCUT2D eigenvalue weighted by Crippen LogP contribution is 2.30. The van der Waals surface area contributed by atoms with Gasteiger partial charge >= 0.3 is 5.97 Å². The molecule has 0 saturated carbocycles. The third-order valence-electron chi connectivity index (χ3n) is 3.96. The fraction of sp³-hybridized carbons (Fsp3) is 0.0526.